The summed E-state index contributed by atoms with van der Waals surface area (Å²) in [6.07, 6.45) is 10.2. The molecule has 4 heteroatoms. The zero-order valence-corrected chi connectivity index (χ0v) is 12.6. The Hall–Kier alpha value is -0.160. The van der Waals surface area contributed by atoms with Crippen molar-refractivity contribution in [3.05, 3.63) is 0 Å². The van der Waals surface area contributed by atoms with Crippen molar-refractivity contribution < 1.29 is 19.6 Å². The first-order valence-electron chi connectivity index (χ1n) is 8.89. The van der Waals surface area contributed by atoms with E-state index in [-0.39, 0.29) is 6.61 Å². The van der Waals surface area contributed by atoms with Crippen LogP contribution >= 0.6 is 0 Å². The van der Waals surface area contributed by atoms with Gasteiger partial charge < -0.3 is 9.84 Å². The normalized spacial score (nSPS) is 58.4. The maximum absolute atomic E-state index is 9.32. The molecule has 21 heavy (non-hydrogen) atoms. The van der Waals surface area contributed by atoms with Gasteiger partial charge in [-0.25, -0.2) is 0 Å². The minimum absolute atomic E-state index is 0.288. The molecule has 118 valence electrons. The van der Waals surface area contributed by atoms with E-state index in [1.807, 2.05) is 0 Å². The van der Waals surface area contributed by atoms with Crippen LogP contribution in [0.3, 0.4) is 0 Å². The largest absolute Gasteiger partial charge is 0.396 e. The molecule has 2 spiro atoms. The molecule has 6 aliphatic rings. The molecule has 4 bridgehead atoms. The fourth-order valence-electron chi connectivity index (χ4n) is 6.10. The Kier molecular flexibility index (Phi) is 2.81. The van der Waals surface area contributed by atoms with Gasteiger partial charge in [0.15, 0.2) is 0 Å². The van der Waals surface area contributed by atoms with Crippen molar-refractivity contribution in [2.75, 3.05) is 6.61 Å². The summed E-state index contributed by atoms with van der Waals surface area (Å²) < 4.78 is 6.62. The Bertz CT molecular complexity index is 399. The van der Waals surface area contributed by atoms with Gasteiger partial charge in [-0.1, -0.05) is 0 Å². The predicted octanol–water partition coefficient (Wildman–Crippen LogP) is 3.00. The second kappa shape index (κ2) is 4.44. The Morgan fingerprint density at radius 1 is 0.857 bits per heavy atom. The Labute approximate surface area is 126 Å². The molecule has 0 amide bonds. The van der Waals surface area contributed by atoms with Crippen molar-refractivity contribution in [3.63, 3.8) is 0 Å². The Morgan fingerprint density at radius 3 is 2.05 bits per heavy atom. The number of ether oxygens (including phenoxy) is 1. The van der Waals surface area contributed by atoms with E-state index < -0.39 is 11.6 Å². The van der Waals surface area contributed by atoms with E-state index in [1.165, 1.54) is 32.1 Å². The van der Waals surface area contributed by atoms with E-state index in [2.05, 4.69) is 0 Å². The first-order valence-corrected chi connectivity index (χ1v) is 8.89. The minimum Gasteiger partial charge on any atom is -0.396 e. The number of aliphatic hydroxyl groups is 1. The van der Waals surface area contributed by atoms with Gasteiger partial charge in [0.2, 0.25) is 11.6 Å². The highest BCUT2D eigenvalue weighted by molar-refractivity contribution is 5.05. The standard InChI is InChI=1S/C17H26O4/c18-10-11-1-3-16(4-2-11)19-17(21-20-16)14-6-12-5-13(8-14)9-15(17)7-12/h11-15,18H,1-10H2. The first-order chi connectivity index (χ1) is 10.2. The molecule has 1 saturated heterocycles. The van der Waals surface area contributed by atoms with Crippen LogP contribution in [0.25, 0.3) is 0 Å². The molecule has 6 fully saturated rings. The summed E-state index contributed by atoms with van der Waals surface area (Å²) in [5.41, 5.74) is 0. The Morgan fingerprint density at radius 2 is 1.48 bits per heavy atom. The Balaban J connectivity index is 1.38. The number of hydrogen-bond donors (Lipinski definition) is 1. The fourth-order valence-corrected chi connectivity index (χ4v) is 6.10. The lowest BCUT2D eigenvalue weighted by molar-refractivity contribution is -0.390. The van der Waals surface area contributed by atoms with Crippen LogP contribution in [0, 0.1) is 29.6 Å². The van der Waals surface area contributed by atoms with Gasteiger partial charge >= 0.3 is 0 Å². The number of aliphatic hydroxyl groups excluding tert-OH is 1. The topological polar surface area (TPSA) is 47.9 Å². The molecule has 0 aromatic heterocycles. The SMILES string of the molecule is OCC1CCC2(CC1)OOC1(O2)C2CC3CC(C2)CC1C3. The van der Waals surface area contributed by atoms with Crippen molar-refractivity contribution in [3.8, 4) is 0 Å². The molecule has 1 aliphatic heterocycles. The van der Waals surface area contributed by atoms with Crippen LogP contribution in [-0.2, 0) is 14.5 Å². The molecule has 6 rings (SSSR count). The summed E-state index contributed by atoms with van der Waals surface area (Å²) in [4.78, 5) is 11.8. The van der Waals surface area contributed by atoms with Crippen molar-refractivity contribution in [2.24, 2.45) is 29.6 Å². The maximum atomic E-state index is 9.32. The molecular formula is C17H26O4. The number of rotatable bonds is 1. The van der Waals surface area contributed by atoms with Gasteiger partial charge in [-0.05, 0) is 62.7 Å². The second-order valence-corrected chi connectivity index (χ2v) is 8.33. The lowest BCUT2D eigenvalue weighted by atomic mass is 9.53. The smallest absolute Gasteiger partial charge is 0.210 e. The zero-order chi connectivity index (χ0) is 14.1. The monoisotopic (exact) mass is 294 g/mol. The van der Waals surface area contributed by atoms with Gasteiger partial charge in [-0.3, -0.25) is 0 Å². The third kappa shape index (κ3) is 1.82. The summed E-state index contributed by atoms with van der Waals surface area (Å²) >= 11 is 0. The molecule has 0 aromatic carbocycles. The van der Waals surface area contributed by atoms with Crippen LogP contribution in [-0.4, -0.2) is 23.3 Å². The second-order valence-electron chi connectivity index (χ2n) is 8.33. The molecule has 0 unspecified atom stereocenters. The molecule has 5 aliphatic carbocycles. The predicted molar refractivity (Wildman–Crippen MR) is 74.8 cm³/mol. The molecule has 5 saturated carbocycles. The molecular weight excluding hydrogens is 268 g/mol. The molecule has 1 N–H and O–H groups in total. The zero-order valence-electron chi connectivity index (χ0n) is 12.6. The number of hydrogen-bond acceptors (Lipinski definition) is 4. The summed E-state index contributed by atoms with van der Waals surface area (Å²) in [7, 11) is 0. The van der Waals surface area contributed by atoms with E-state index >= 15 is 0 Å². The summed E-state index contributed by atoms with van der Waals surface area (Å²) in [5, 5.41) is 9.32. The lowest BCUT2D eigenvalue weighted by Crippen LogP contribution is -2.59. The lowest BCUT2D eigenvalue weighted by Gasteiger charge is -2.57. The third-order valence-electron chi connectivity index (χ3n) is 7.07. The van der Waals surface area contributed by atoms with Crippen molar-refractivity contribution >= 4 is 0 Å². The van der Waals surface area contributed by atoms with Crippen LogP contribution < -0.4 is 0 Å². The van der Waals surface area contributed by atoms with E-state index in [0.717, 1.165) is 37.5 Å². The van der Waals surface area contributed by atoms with Gasteiger partial charge in [0.05, 0.1) is 0 Å². The summed E-state index contributed by atoms with van der Waals surface area (Å²) in [6, 6.07) is 0. The first kappa shape index (κ1) is 13.3. The van der Waals surface area contributed by atoms with Crippen LogP contribution in [0.15, 0.2) is 0 Å². The summed E-state index contributed by atoms with van der Waals surface area (Å²) in [5.74, 6) is 2.38. The van der Waals surface area contributed by atoms with Crippen molar-refractivity contribution in [2.45, 2.75) is 69.4 Å². The highest BCUT2D eigenvalue weighted by Crippen LogP contribution is 2.63. The molecule has 1 heterocycles. The summed E-state index contributed by atoms with van der Waals surface area (Å²) in [6.45, 7) is 0.288. The minimum atomic E-state index is -0.513. The van der Waals surface area contributed by atoms with Gasteiger partial charge in [-0.2, -0.15) is 9.78 Å². The highest BCUT2D eigenvalue weighted by atomic mass is 17.3. The van der Waals surface area contributed by atoms with Crippen LogP contribution in [0.5, 0.6) is 0 Å². The van der Waals surface area contributed by atoms with Gasteiger partial charge in [0, 0.05) is 31.3 Å². The molecule has 4 nitrogen and oxygen atoms in total. The van der Waals surface area contributed by atoms with E-state index in [1.54, 1.807) is 0 Å². The fraction of sp³-hybridized carbons (Fsp3) is 1.00. The van der Waals surface area contributed by atoms with Crippen molar-refractivity contribution in [1.82, 2.24) is 0 Å². The van der Waals surface area contributed by atoms with E-state index in [4.69, 9.17) is 14.5 Å². The van der Waals surface area contributed by atoms with Gasteiger partial charge in [0.1, 0.15) is 0 Å². The van der Waals surface area contributed by atoms with Gasteiger partial charge in [0.25, 0.3) is 0 Å². The molecule has 0 radical (unpaired) electrons. The quantitative estimate of drug-likeness (QED) is 0.755. The molecule has 0 atom stereocenters. The van der Waals surface area contributed by atoms with Crippen LogP contribution in [0.2, 0.25) is 0 Å². The average molecular weight is 294 g/mol. The van der Waals surface area contributed by atoms with E-state index in [0.29, 0.717) is 17.8 Å². The van der Waals surface area contributed by atoms with E-state index in [9.17, 15) is 5.11 Å². The highest BCUT2D eigenvalue weighted by Gasteiger charge is 2.66. The van der Waals surface area contributed by atoms with Crippen LogP contribution in [0.1, 0.15) is 57.8 Å². The van der Waals surface area contributed by atoms with Crippen LogP contribution in [0.4, 0.5) is 0 Å². The molecule has 0 aromatic rings. The average Bonchev–Trinajstić information content (AvgIpc) is 2.86. The van der Waals surface area contributed by atoms with Gasteiger partial charge in [-0.15, -0.1) is 0 Å². The van der Waals surface area contributed by atoms with Crippen molar-refractivity contribution in [1.29, 1.82) is 0 Å². The third-order valence-corrected chi connectivity index (χ3v) is 7.07. The maximum Gasteiger partial charge on any atom is 0.210 e.